The van der Waals surface area contributed by atoms with Crippen LogP contribution in [0, 0.1) is 11.7 Å². The first-order chi connectivity index (χ1) is 15.8. The van der Waals surface area contributed by atoms with Crippen LogP contribution in [-0.2, 0) is 19.6 Å². The molecule has 178 valence electrons. The molecule has 1 saturated heterocycles. The zero-order chi connectivity index (χ0) is 23.8. The summed E-state index contributed by atoms with van der Waals surface area (Å²) in [5, 5.41) is 5.69. The van der Waals surface area contributed by atoms with Crippen LogP contribution in [-0.4, -0.2) is 55.7 Å². The van der Waals surface area contributed by atoms with E-state index in [-0.39, 0.29) is 35.7 Å². The topological polar surface area (TPSA) is 95.6 Å². The van der Waals surface area contributed by atoms with Crippen molar-refractivity contribution in [3.63, 3.8) is 0 Å². The van der Waals surface area contributed by atoms with Gasteiger partial charge >= 0.3 is 0 Å². The molecule has 33 heavy (non-hydrogen) atoms. The molecule has 0 bridgehead atoms. The van der Waals surface area contributed by atoms with Crippen molar-refractivity contribution in [3.8, 4) is 0 Å². The molecule has 0 unspecified atom stereocenters. The van der Waals surface area contributed by atoms with Gasteiger partial charge in [-0.05, 0) is 67.7 Å². The molecule has 7 nitrogen and oxygen atoms in total. The highest BCUT2D eigenvalue weighted by Crippen LogP contribution is 2.24. The third kappa shape index (κ3) is 6.78. The number of anilines is 1. The highest BCUT2D eigenvalue weighted by Gasteiger charge is 2.33. The molecule has 0 saturated carbocycles. The van der Waals surface area contributed by atoms with E-state index in [0.717, 1.165) is 12.1 Å². The fraction of sp³-hybridized carbons (Fsp3) is 0.391. The molecule has 0 aliphatic carbocycles. The van der Waals surface area contributed by atoms with Crippen molar-refractivity contribution in [2.24, 2.45) is 5.92 Å². The quantitative estimate of drug-likeness (QED) is 0.560. The smallest absolute Gasteiger partial charge is 0.246 e. The SMILES string of the molecule is CSCC[C@@H](NC(=O)C1CCN(S(=O)(=O)c2ccc(F)cc2)CC1)C(=O)Nc1ccccc1. The number of amides is 2. The maximum absolute atomic E-state index is 13.1. The predicted octanol–water partition coefficient (Wildman–Crippen LogP) is 3.10. The highest BCUT2D eigenvalue weighted by molar-refractivity contribution is 7.98. The van der Waals surface area contributed by atoms with E-state index in [1.165, 1.54) is 16.4 Å². The molecule has 0 aromatic heterocycles. The van der Waals surface area contributed by atoms with E-state index in [1.807, 2.05) is 24.5 Å². The van der Waals surface area contributed by atoms with E-state index < -0.39 is 21.9 Å². The molecule has 2 amide bonds. The second kappa shape index (κ2) is 11.6. The van der Waals surface area contributed by atoms with Gasteiger partial charge in [0.1, 0.15) is 11.9 Å². The number of halogens is 1. The minimum atomic E-state index is -3.74. The lowest BCUT2D eigenvalue weighted by Gasteiger charge is -2.31. The Balaban J connectivity index is 1.58. The minimum Gasteiger partial charge on any atom is -0.344 e. The summed E-state index contributed by atoms with van der Waals surface area (Å²) >= 11 is 1.59. The lowest BCUT2D eigenvalue weighted by atomic mass is 9.96. The molecule has 2 N–H and O–H groups in total. The van der Waals surface area contributed by atoms with Gasteiger partial charge in [0.15, 0.2) is 0 Å². The van der Waals surface area contributed by atoms with Crippen molar-refractivity contribution in [2.45, 2.75) is 30.2 Å². The number of thioether (sulfide) groups is 1. The summed E-state index contributed by atoms with van der Waals surface area (Å²) in [5.74, 6) is -0.702. The molecule has 0 radical (unpaired) electrons. The molecule has 1 heterocycles. The van der Waals surface area contributed by atoms with Crippen molar-refractivity contribution in [2.75, 3.05) is 30.4 Å². The van der Waals surface area contributed by atoms with Crippen LogP contribution >= 0.6 is 11.8 Å². The summed E-state index contributed by atoms with van der Waals surface area (Å²) in [6.07, 6.45) is 3.12. The van der Waals surface area contributed by atoms with Gasteiger partial charge in [0.25, 0.3) is 0 Å². The summed E-state index contributed by atoms with van der Waals surface area (Å²) in [6, 6.07) is 13.1. The van der Waals surface area contributed by atoms with Crippen molar-refractivity contribution < 1.29 is 22.4 Å². The molecule has 2 aromatic carbocycles. The summed E-state index contributed by atoms with van der Waals surface area (Å²) in [4.78, 5) is 25.7. The number of sulfonamides is 1. The number of para-hydroxylation sites is 1. The fourth-order valence-corrected chi connectivity index (χ4v) is 5.60. The first-order valence-electron chi connectivity index (χ1n) is 10.7. The van der Waals surface area contributed by atoms with Crippen molar-refractivity contribution in [3.05, 3.63) is 60.4 Å². The Hall–Kier alpha value is -2.43. The van der Waals surface area contributed by atoms with E-state index in [2.05, 4.69) is 10.6 Å². The molecule has 10 heteroatoms. The van der Waals surface area contributed by atoms with Crippen LogP contribution in [0.5, 0.6) is 0 Å². The molecule has 1 fully saturated rings. The van der Waals surface area contributed by atoms with Gasteiger partial charge in [-0.25, -0.2) is 12.8 Å². The Morgan fingerprint density at radius 2 is 1.73 bits per heavy atom. The number of carbonyl (C=O) groups is 2. The number of nitrogens with zero attached hydrogens (tertiary/aromatic N) is 1. The summed E-state index contributed by atoms with van der Waals surface area (Å²) in [7, 11) is -3.74. The lowest BCUT2D eigenvalue weighted by molar-refractivity contribution is -0.130. The molecule has 3 rings (SSSR count). The Bertz CT molecular complexity index is 1040. The van der Waals surface area contributed by atoms with E-state index in [9.17, 15) is 22.4 Å². The van der Waals surface area contributed by atoms with Gasteiger partial charge in [-0.3, -0.25) is 9.59 Å². The summed E-state index contributed by atoms with van der Waals surface area (Å²) in [6.45, 7) is 0.368. The van der Waals surface area contributed by atoms with Gasteiger partial charge in [-0.15, -0.1) is 0 Å². The molecule has 1 atom stereocenters. The first-order valence-corrected chi connectivity index (χ1v) is 13.6. The minimum absolute atomic E-state index is 0.0292. The van der Waals surface area contributed by atoms with Crippen LogP contribution in [0.15, 0.2) is 59.5 Å². The Morgan fingerprint density at radius 1 is 1.09 bits per heavy atom. The molecular weight excluding hydrogens is 465 g/mol. The summed E-state index contributed by atoms with van der Waals surface area (Å²) in [5.41, 5.74) is 0.658. The van der Waals surface area contributed by atoms with Gasteiger partial charge in [0.2, 0.25) is 21.8 Å². The fourth-order valence-electron chi connectivity index (χ4n) is 3.66. The monoisotopic (exact) mass is 493 g/mol. The van der Waals surface area contributed by atoms with Crippen LogP contribution in [0.25, 0.3) is 0 Å². The Morgan fingerprint density at radius 3 is 2.33 bits per heavy atom. The van der Waals surface area contributed by atoms with E-state index in [0.29, 0.717) is 30.7 Å². The van der Waals surface area contributed by atoms with Crippen LogP contribution in [0.2, 0.25) is 0 Å². The van der Waals surface area contributed by atoms with Gasteiger partial charge in [-0.1, -0.05) is 18.2 Å². The van der Waals surface area contributed by atoms with Crippen LogP contribution in [0.1, 0.15) is 19.3 Å². The van der Waals surface area contributed by atoms with E-state index >= 15 is 0 Å². The van der Waals surface area contributed by atoms with Gasteiger partial charge in [0.05, 0.1) is 4.90 Å². The number of hydrogen-bond donors (Lipinski definition) is 2. The van der Waals surface area contributed by atoms with Crippen molar-refractivity contribution in [1.29, 1.82) is 0 Å². The molecule has 1 aliphatic rings. The number of piperidine rings is 1. The van der Waals surface area contributed by atoms with Gasteiger partial charge in [0, 0.05) is 24.7 Å². The number of benzene rings is 2. The highest BCUT2D eigenvalue weighted by atomic mass is 32.2. The Labute approximate surface area is 198 Å². The first kappa shape index (κ1) is 25.2. The number of hydrogen-bond acceptors (Lipinski definition) is 5. The average Bonchev–Trinajstić information content (AvgIpc) is 2.82. The van der Waals surface area contributed by atoms with Crippen LogP contribution < -0.4 is 10.6 Å². The number of nitrogens with one attached hydrogen (secondary N) is 2. The van der Waals surface area contributed by atoms with Gasteiger partial charge in [-0.2, -0.15) is 16.1 Å². The van der Waals surface area contributed by atoms with Crippen LogP contribution in [0.3, 0.4) is 0 Å². The van der Waals surface area contributed by atoms with E-state index in [4.69, 9.17) is 0 Å². The maximum atomic E-state index is 13.1. The zero-order valence-corrected chi connectivity index (χ0v) is 20.0. The standard InChI is InChI=1S/C23H28FN3O4S2/c1-32-16-13-21(23(29)25-19-5-3-2-4-6-19)26-22(28)17-11-14-27(15-12-17)33(30,31)20-9-7-18(24)8-10-20/h2-10,17,21H,11-16H2,1H3,(H,25,29)(H,26,28)/t21-/m1/s1. The lowest BCUT2D eigenvalue weighted by Crippen LogP contribution is -2.49. The third-order valence-corrected chi connectivity index (χ3v) is 8.12. The second-order valence-electron chi connectivity index (χ2n) is 7.83. The third-order valence-electron chi connectivity index (χ3n) is 5.56. The zero-order valence-electron chi connectivity index (χ0n) is 18.4. The molecular formula is C23H28FN3O4S2. The van der Waals surface area contributed by atoms with Crippen molar-refractivity contribution >= 4 is 39.3 Å². The molecule has 1 aliphatic heterocycles. The van der Waals surface area contributed by atoms with E-state index in [1.54, 1.807) is 23.9 Å². The average molecular weight is 494 g/mol. The molecule has 0 spiro atoms. The Kier molecular flexibility index (Phi) is 8.87. The van der Waals surface area contributed by atoms with Crippen molar-refractivity contribution in [1.82, 2.24) is 9.62 Å². The molecule has 2 aromatic rings. The van der Waals surface area contributed by atoms with Crippen LogP contribution in [0.4, 0.5) is 10.1 Å². The number of carbonyl (C=O) groups excluding carboxylic acids is 2. The second-order valence-corrected chi connectivity index (χ2v) is 10.8. The normalized spacial score (nSPS) is 16.2. The maximum Gasteiger partial charge on any atom is 0.246 e. The number of rotatable bonds is 9. The summed E-state index contributed by atoms with van der Waals surface area (Å²) < 4.78 is 40.0. The largest absolute Gasteiger partial charge is 0.344 e. The predicted molar refractivity (Wildman–Crippen MR) is 128 cm³/mol. The van der Waals surface area contributed by atoms with Gasteiger partial charge < -0.3 is 10.6 Å².